The summed E-state index contributed by atoms with van der Waals surface area (Å²) >= 11 is 0. The molecular formula is C30H23F4N3O5S. The number of oxazole rings is 1. The monoisotopic (exact) mass is 613 g/mol. The van der Waals surface area contributed by atoms with Crippen LogP contribution in [0.15, 0.2) is 76.0 Å². The first kappa shape index (κ1) is 28.5. The van der Waals surface area contributed by atoms with Gasteiger partial charge in [0.05, 0.1) is 10.6 Å². The minimum atomic E-state index is -3.82. The summed E-state index contributed by atoms with van der Waals surface area (Å²) < 4.78 is 96.9. The molecule has 3 aromatic carbocycles. The number of alkyl halides is 4. The molecule has 0 unspecified atom stereocenters. The summed E-state index contributed by atoms with van der Waals surface area (Å²) in [5, 5.41) is 4.00. The van der Waals surface area contributed by atoms with Crippen LogP contribution in [-0.4, -0.2) is 35.7 Å². The van der Waals surface area contributed by atoms with Crippen LogP contribution in [0.2, 0.25) is 0 Å². The average molecular weight is 614 g/mol. The van der Waals surface area contributed by atoms with E-state index in [2.05, 4.69) is 19.6 Å². The van der Waals surface area contributed by atoms with Crippen molar-refractivity contribution in [3.63, 3.8) is 0 Å². The molecule has 0 fully saturated rings. The lowest BCUT2D eigenvalue weighted by atomic mass is 9.94. The van der Waals surface area contributed by atoms with Crippen LogP contribution in [0, 0.1) is 6.92 Å². The molecule has 6 rings (SSSR count). The van der Waals surface area contributed by atoms with Gasteiger partial charge >= 0.3 is 6.29 Å². The van der Waals surface area contributed by atoms with Gasteiger partial charge in [0.2, 0.25) is 0 Å². The van der Waals surface area contributed by atoms with Crippen molar-refractivity contribution in [1.29, 1.82) is 0 Å². The van der Waals surface area contributed by atoms with Crippen LogP contribution in [0.25, 0.3) is 45.0 Å². The highest BCUT2D eigenvalue weighted by atomic mass is 32.2. The van der Waals surface area contributed by atoms with Crippen LogP contribution in [0.3, 0.4) is 0 Å². The van der Waals surface area contributed by atoms with Crippen LogP contribution in [0.1, 0.15) is 18.5 Å². The summed E-state index contributed by atoms with van der Waals surface area (Å²) in [6, 6.07) is 16.9. The zero-order valence-electron chi connectivity index (χ0n) is 23.2. The Kier molecular flexibility index (Phi) is 6.42. The molecule has 3 heterocycles. The number of nitrogens with zero attached hydrogens (tertiary/aromatic N) is 3. The quantitative estimate of drug-likeness (QED) is 0.187. The molecule has 0 amide bonds. The normalized spacial score (nSPS) is 14.3. The Morgan fingerprint density at radius 2 is 1.58 bits per heavy atom. The van der Waals surface area contributed by atoms with Gasteiger partial charge in [-0.15, -0.1) is 8.78 Å². The second-order valence-corrected chi connectivity index (χ2v) is 12.2. The first-order valence-corrected chi connectivity index (χ1v) is 14.7. The van der Waals surface area contributed by atoms with Gasteiger partial charge in [-0.05, 0) is 53.6 Å². The van der Waals surface area contributed by atoms with Crippen molar-refractivity contribution < 1.29 is 39.9 Å². The zero-order chi connectivity index (χ0) is 30.9. The van der Waals surface area contributed by atoms with Gasteiger partial charge in [-0.25, -0.2) is 13.4 Å². The van der Waals surface area contributed by atoms with Gasteiger partial charge in [-0.2, -0.15) is 13.9 Å². The summed E-state index contributed by atoms with van der Waals surface area (Å²) in [5.74, 6) is -3.08. The fraction of sp³-hybridized carbons (Fsp3) is 0.200. The van der Waals surface area contributed by atoms with Crippen molar-refractivity contribution in [1.82, 2.24) is 14.8 Å². The van der Waals surface area contributed by atoms with Gasteiger partial charge in [0.1, 0.15) is 11.4 Å². The van der Waals surface area contributed by atoms with E-state index in [1.54, 1.807) is 37.3 Å². The highest BCUT2D eigenvalue weighted by molar-refractivity contribution is 7.90. The summed E-state index contributed by atoms with van der Waals surface area (Å²) in [6.45, 7) is 2.35. The first-order valence-electron chi connectivity index (χ1n) is 12.8. The van der Waals surface area contributed by atoms with E-state index in [4.69, 9.17) is 4.42 Å². The SMILES string of the molecule is Cc1nc(-c2ccc3c(c2)OC(F)(F)O3)c(-c2cc(-c3cccc(S(C)(=O)=O)c3)ccc2-c2cc(C(C)(F)F)nn2C)o1. The van der Waals surface area contributed by atoms with E-state index >= 15 is 0 Å². The Balaban J connectivity index is 1.57. The lowest BCUT2D eigenvalue weighted by molar-refractivity contribution is -0.286. The molecule has 0 N–H and O–H groups in total. The molecule has 0 bridgehead atoms. The van der Waals surface area contributed by atoms with E-state index in [1.807, 2.05) is 0 Å². The molecule has 43 heavy (non-hydrogen) atoms. The highest BCUT2D eigenvalue weighted by Crippen LogP contribution is 2.46. The summed E-state index contributed by atoms with van der Waals surface area (Å²) in [7, 11) is -1.97. The fourth-order valence-corrected chi connectivity index (χ4v) is 5.54. The van der Waals surface area contributed by atoms with E-state index in [0.29, 0.717) is 33.5 Å². The molecule has 0 aliphatic carbocycles. The van der Waals surface area contributed by atoms with Gasteiger partial charge in [0.15, 0.2) is 33.0 Å². The summed E-state index contributed by atoms with van der Waals surface area (Å²) in [4.78, 5) is 4.61. The van der Waals surface area contributed by atoms with Crippen molar-refractivity contribution >= 4 is 9.84 Å². The molecule has 0 saturated carbocycles. The Morgan fingerprint density at radius 3 is 2.28 bits per heavy atom. The number of rotatable bonds is 6. The smallest absolute Gasteiger partial charge is 0.440 e. The molecule has 1 aliphatic rings. The molecule has 13 heteroatoms. The summed E-state index contributed by atoms with van der Waals surface area (Å²) in [5.41, 5.74) is 2.58. The minimum Gasteiger partial charge on any atom is -0.440 e. The van der Waals surface area contributed by atoms with E-state index in [-0.39, 0.29) is 33.7 Å². The van der Waals surface area contributed by atoms with Crippen molar-refractivity contribution in [3.05, 3.63) is 78.3 Å². The number of halogens is 4. The number of ether oxygens (including phenoxy) is 2. The minimum absolute atomic E-state index is 0.116. The van der Waals surface area contributed by atoms with Crippen LogP contribution < -0.4 is 9.47 Å². The van der Waals surface area contributed by atoms with Crippen LogP contribution in [0.4, 0.5) is 17.6 Å². The number of hydrogen-bond donors (Lipinski definition) is 0. The van der Waals surface area contributed by atoms with Gasteiger partial charge in [0.25, 0.3) is 5.92 Å². The largest absolute Gasteiger partial charge is 0.586 e. The zero-order valence-corrected chi connectivity index (χ0v) is 24.0. The van der Waals surface area contributed by atoms with Gasteiger partial charge < -0.3 is 13.9 Å². The maximum atomic E-state index is 14.2. The van der Waals surface area contributed by atoms with Crippen LogP contribution in [0.5, 0.6) is 11.5 Å². The lowest BCUT2D eigenvalue weighted by Gasteiger charge is -2.13. The molecule has 1 aliphatic heterocycles. The highest BCUT2D eigenvalue weighted by Gasteiger charge is 2.43. The molecule has 2 aromatic heterocycles. The molecule has 0 saturated heterocycles. The van der Waals surface area contributed by atoms with Crippen molar-refractivity contribution in [2.45, 2.75) is 31.0 Å². The maximum Gasteiger partial charge on any atom is 0.586 e. The van der Waals surface area contributed by atoms with E-state index in [0.717, 1.165) is 13.2 Å². The molecule has 8 nitrogen and oxygen atoms in total. The first-order chi connectivity index (χ1) is 20.1. The number of fused-ring (bicyclic) bond motifs is 1. The van der Waals surface area contributed by atoms with E-state index in [1.165, 1.54) is 48.1 Å². The van der Waals surface area contributed by atoms with E-state index < -0.39 is 27.7 Å². The third-order valence-corrected chi connectivity index (χ3v) is 7.98. The topological polar surface area (TPSA) is 96.5 Å². The lowest BCUT2D eigenvalue weighted by Crippen LogP contribution is -2.25. The molecule has 0 radical (unpaired) electrons. The fourth-order valence-electron chi connectivity index (χ4n) is 4.88. The van der Waals surface area contributed by atoms with Crippen LogP contribution >= 0.6 is 0 Å². The molecule has 0 spiro atoms. The molecule has 222 valence electrons. The number of aryl methyl sites for hydroxylation is 2. The Labute approximate surface area is 243 Å². The second kappa shape index (κ2) is 9.69. The van der Waals surface area contributed by atoms with Gasteiger partial charge in [0, 0.05) is 43.8 Å². The molecule has 5 aromatic rings. The Bertz CT molecular complexity index is 2010. The number of aromatic nitrogens is 3. The third kappa shape index (κ3) is 5.36. The maximum absolute atomic E-state index is 14.2. The number of sulfone groups is 1. The molecule has 0 atom stereocenters. The van der Waals surface area contributed by atoms with Crippen molar-refractivity contribution in [3.8, 4) is 56.5 Å². The van der Waals surface area contributed by atoms with E-state index in [9.17, 15) is 26.0 Å². The van der Waals surface area contributed by atoms with Crippen molar-refractivity contribution in [2.24, 2.45) is 7.05 Å². The van der Waals surface area contributed by atoms with Gasteiger partial charge in [-0.1, -0.05) is 24.3 Å². The standard InChI is InChI=1S/C30H23F4N3O5S/c1-16-35-27(19-9-11-24-25(14-19)42-30(33,34)41-24)28(40-16)22-13-18(17-6-5-7-20(12-17)43(4,38)39)8-10-21(22)23-15-26(29(2,31)32)36-37(23)3/h5-15H,1-4H3. The average Bonchev–Trinajstić information content (AvgIpc) is 3.60. The Morgan fingerprint density at radius 1 is 0.884 bits per heavy atom. The van der Waals surface area contributed by atoms with Crippen molar-refractivity contribution in [2.75, 3.05) is 6.26 Å². The number of benzene rings is 3. The van der Waals surface area contributed by atoms with Crippen LogP contribution in [-0.2, 0) is 22.8 Å². The predicted octanol–water partition coefficient (Wildman–Crippen LogP) is 7.22. The Hall–Kier alpha value is -4.65. The summed E-state index contributed by atoms with van der Waals surface area (Å²) in [6.07, 6.45) is -2.71. The third-order valence-electron chi connectivity index (χ3n) is 6.87. The molecular weight excluding hydrogens is 590 g/mol. The predicted molar refractivity (Wildman–Crippen MR) is 149 cm³/mol. The second-order valence-electron chi connectivity index (χ2n) is 10.2. The van der Waals surface area contributed by atoms with Gasteiger partial charge in [-0.3, -0.25) is 4.68 Å². The number of hydrogen-bond acceptors (Lipinski definition) is 7.